The predicted octanol–water partition coefficient (Wildman–Crippen LogP) is 1.75. The van der Waals surface area contributed by atoms with Crippen molar-refractivity contribution in [2.45, 2.75) is 26.6 Å². The molecular weight excluding hydrogens is 216 g/mol. The van der Waals surface area contributed by atoms with Crippen LogP contribution in [0.3, 0.4) is 0 Å². The topological polar surface area (TPSA) is 22.1 Å². The molecule has 0 radical (unpaired) electrons. The minimum Gasteiger partial charge on any atom is -0.475 e. The van der Waals surface area contributed by atoms with Crippen molar-refractivity contribution in [3.05, 3.63) is 29.8 Å². The maximum Gasteiger partial charge on any atom is 0.214 e. The van der Waals surface area contributed by atoms with Gasteiger partial charge in [-0.1, -0.05) is 17.6 Å². The molecule has 0 aliphatic heterocycles. The number of hydrogen-bond donors (Lipinski definition) is 0. The molecule has 17 heavy (non-hydrogen) atoms. The summed E-state index contributed by atoms with van der Waals surface area (Å²) in [6.07, 6.45) is 0.0397. The van der Waals surface area contributed by atoms with Crippen LogP contribution in [0.4, 0.5) is 4.39 Å². The largest absolute Gasteiger partial charge is 0.475 e. The molecule has 0 spiro atoms. The first-order valence-electron chi connectivity index (χ1n) is 5.73. The molecule has 2 rings (SSSR count). The highest BCUT2D eigenvalue weighted by molar-refractivity contribution is 6.33. The standard InChI is InChI=1S/C13H15BFNO/c1-8(2)17-13-5-9(7-15)11-6-10(14)3-4-12(11)16-13/h3-6,8H,7,14H2,1-2H3. The zero-order chi connectivity index (χ0) is 12.4. The predicted molar refractivity (Wildman–Crippen MR) is 70.5 cm³/mol. The third kappa shape index (κ3) is 2.57. The monoisotopic (exact) mass is 231 g/mol. The van der Waals surface area contributed by atoms with Crippen molar-refractivity contribution in [3.63, 3.8) is 0 Å². The molecule has 88 valence electrons. The Labute approximate surface area is 101 Å². The van der Waals surface area contributed by atoms with Gasteiger partial charge < -0.3 is 4.74 Å². The second-order valence-corrected chi connectivity index (χ2v) is 4.44. The van der Waals surface area contributed by atoms with Gasteiger partial charge in [-0.2, -0.15) is 0 Å². The Balaban J connectivity index is 2.58. The number of hydrogen-bond acceptors (Lipinski definition) is 2. The molecule has 2 aromatic rings. The van der Waals surface area contributed by atoms with Gasteiger partial charge in [0.05, 0.1) is 11.6 Å². The van der Waals surface area contributed by atoms with Crippen molar-refractivity contribution in [1.29, 1.82) is 0 Å². The highest BCUT2D eigenvalue weighted by atomic mass is 19.1. The Morgan fingerprint density at radius 2 is 2.12 bits per heavy atom. The highest BCUT2D eigenvalue weighted by Gasteiger charge is 2.08. The number of alkyl halides is 1. The van der Waals surface area contributed by atoms with Crippen LogP contribution in [0.5, 0.6) is 5.88 Å². The zero-order valence-corrected chi connectivity index (χ0v) is 10.3. The van der Waals surface area contributed by atoms with Crippen molar-refractivity contribution in [2.75, 3.05) is 0 Å². The fraction of sp³-hybridized carbons (Fsp3) is 0.308. The molecule has 0 bridgehead atoms. The lowest BCUT2D eigenvalue weighted by Crippen LogP contribution is -2.08. The number of pyridine rings is 1. The van der Waals surface area contributed by atoms with Crippen LogP contribution in [0.15, 0.2) is 24.3 Å². The van der Waals surface area contributed by atoms with E-state index >= 15 is 0 Å². The third-order valence-electron chi connectivity index (χ3n) is 2.53. The molecule has 2 nitrogen and oxygen atoms in total. The fourth-order valence-electron chi connectivity index (χ4n) is 1.79. The average Bonchev–Trinajstić information content (AvgIpc) is 2.27. The van der Waals surface area contributed by atoms with Crippen LogP contribution in [-0.2, 0) is 6.67 Å². The molecule has 0 amide bonds. The van der Waals surface area contributed by atoms with E-state index in [1.807, 2.05) is 39.9 Å². The second kappa shape index (κ2) is 4.74. The van der Waals surface area contributed by atoms with Gasteiger partial charge in [0.2, 0.25) is 5.88 Å². The molecule has 4 heteroatoms. The van der Waals surface area contributed by atoms with Crippen molar-refractivity contribution < 1.29 is 9.13 Å². The van der Waals surface area contributed by atoms with Crippen LogP contribution in [0.2, 0.25) is 0 Å². The van der Waals surface area contributed by atoms with Crippen molar-refractivity contribution >= 4 is 24.2 Å². The normalized spacial score (nSPS) is 11.1. The van der Waals surface area contributed by atoms with Gasteiger partial charge in [0.15, 0.2) is 0 Å². The molecular formula is C13H15BFNO. The van der Waals surface area contributed by atoms with Crippen molar-refractivity contribution in [1.82, 2.24) is 4.98 Å². The summed E-state index contributed by atoms with van der Waals surface area (Å²) in [5.74, 6) is 0.490. The van der Waals surface area contributed by atoms with Gasteiger partial charge in [0.1, 0.15) is 14.5 Å². The molecule has 0 aliphatic rings. The molecule has 0 atom stereocenters. The molecule has 0 unspecified atom stereocenters. The summed E-state index contributed by atoms with van der Waals surface area (Å²) in [6.45, 7) is 3.35. The lowest BCUT2D eigenvalue weighted by atomic mass is 9.93. The van der Waals surface area contributed by atoms with Gasteiger partial charge in [-0.15, -0.1) is 0 Å². The first-order valence-corrected chi connectivity index (χ1v) is 5.73. The number of ether oxygens (including phenoxy) is 1. The van der Waals surface area contributed by atoms with E-state index in [-0.39, 0.29) is 6.10 Å². The fourth-order valence-corrected chi connectivity index (χ4v) is 1.79. The third-order valence-corrected chi connectivity index (χ3v) is 2.53. The summed E-state index contributed by atoms with van der Waals surface area (Å²) >= 11 is 0. The Kier molecular flexibility index (Phi) is 3.32. The maximum atomic E-state index is 13.0. The van der Waals surface area contributed by atoms with Gasteiger partial charge in [-0.05, 0) is 25.5 Å². The molecule has 0 fully saturated rings. The first kappa shape index (κ1) is 11.9. The Hall–Kier alpha value is -1.58. The SMILES string of the molecule is Bc1ccc2nc(OC(C)C)cc(CF)c2c1. The van der Waals surface area contributed by atoms with Crippen molar-refractivity contribution in [3.8, 4) is 5.88 Å². The maximum absolute atomic E-state index is 13.0. The summed E-state index contributed by atoms with van der Waals surface area (Å²) in [5.41, 5.74) is 2.52. The molecule has 0 N–H and O–H groups in total. The molecule has 1 aromatic carbocycles. The number of halogens is 1. The van der Waals surface area contributed by atoms with E-state index in [2.05, 4.69) is 4.98 Å². The molecule has 0 saturated carbocycles. The lowest BCUT2D eigenvalue weighted by Gasteiger charge is -2.11. The molecule has 0 saturated heterocycles. The Morgan fingerprint density at radius 3 is 2.76 bits per heavy atom. The van der Waals surface area contributed by atoms with Crippen LogP contribution in [0.1, 0.15) is 19.4 Å². The first-order chi connectivity index (χ1) is 8.10. The summed E-state index contributed by atoms with van der Waals surface area (Å²) in [4.78, 5) is 4.38. The van der Waals surface area contributed by atoms with Crippen LogP contribution in [-0.4, -0.2) is 18.9 Å². The molecule has 1 heterocycles. The van der Waals surface area contributed by atoms with Crippen LogP contribution in [0.25, 0.3) is 10.9 Å². The van der Waals surface area contributed by atoms with E-state index < -0.39 is 6.67 Å². The lowest BCUT2D eigenvalue weighted by molar-refractivity contribution is 0.233. The van der Waals surface area contributed by atoms with Gasteiger partial charge in [0, 0.05) is 11.5 Å². The molecule has 1 aromatic heterocycles. The van der Waals surface area contributed by atoms with Gasteiger partial charge in [0.25, 0.3) is 0 Å². The van der Waals surface area contributed by atoms with Crippen molar-refractivity contribution in [2.24, 2.45) is 0 Å². The van der Waals surface area contributed by atoms with E-state index in [1.54, 1.807) is 6.07 Å². The number of fused-ring (bicyclic) bond motifs is 1. The summed E-state index contributed by atoms with van der Waals surface area (Å²) in [7, 11) is 1.99. The van der Waals surface area contributed by atoms with Crippen LogP contribution in [0, 0.1) is 0 Å². The number of rotatable bonds is 3. The Morgan fingerprint density at radius 1 is 1.35 bits per heavy atom. The summed E-state index contributed by atoms with van der Waals surface area (Å²) < 4.78 is 18.5. The van der Waals surface area contributed by atoms with E-state index in [0.717, 1.165) is 16.4 Å². The van der Waals surface area contributed by atoms with Crippen LogP contribution >= 0.6 is 0 Å². The Bertz CT molecular complexity index is 542. The van der Waals surface area contributed by atoms with Gasteiger partial charge >= 0.3 is 0 Å². The summed E-state index contributed by atoms with van der Waals surface area (Å²) in [6, 6.07) is 7.51. The smallest absolute Gasteiger partial charge is 0.214 e. The van der Waals surface area contributed by atoms with Crippen LogP contribution < -0.4 is 10.2 Å². The second-order valence-electron chi connectivity index (χ2n) is 4.44. The zero-order valence-electron chi connectivity index (χ0n) is 10.3. The van der Waals surface area contributed by atoms with Gasteiger partial charge in [-0.3, -0.25) is 0 Å². The molecule has 0 aliphatic carbocycles. The highest BCUT2D eigenvalue weighted by Crippen LogP contribution is 2.22. The van der Waals surface area contributed by atoms with E-state index in [4.69, 9.17) is 4.74 Å². The number of nitrogens with zero attached hydrogens (tertiary/aromatic N) is 1. The minimum atomic E-state index is -0.503. The number of benzene rings is 1. The minimum absolute atomic E-state index is 0.0397. The van der Waals surface area contributed by atoms with E-state index in [1.165, 1.54) is 0 Å². The van der Waals surface area contributed by atoms with E-state index in [0.29, 0.717) is 11.4 Å². The van der Waals surface area contributed by atoms with Gasteiger partial charge in [-0.25, -0.2) is 9.37 Å². The average molecular weight is 231 g/mol. The number of aromatic nitrogens is 1. The van der Waals surface area contributed by atoms with E-state index in [9.17, 15) is 4.39 Å². The quantitative estimate of drug-likeness (QED) is 0.750. The summed E-state index contributed by atoms with van der Waals surface area (Å²) in [5, 5.41) is 0.864.